The quantitative estimate of drug-likeness (QED) is 0.540. The highest BCUT2D eigenvalue weighted by Gasteiger charge is 2.42. The molecule has 9 nitrogen and oxygen atoms in total. The lowest BCUT2D eigenvalue weighted by atomic mass is 10.2. The number of aromatic nitrogens is 1. The van der Waals surface area contributed by atoms with Crippen molar-refractivity contribution in [2.75, 3.05) is 16.9 Å². The molecule has 1 aliphatic rings. The third kappa shape index (κ3) is 4.66. The van der Waals surface area contributed by atoms with Crippen LogP contribution < -0.4 is 10.4 Å². The third-order valence-corrected chi connectivity index (χ3v) is 5.32. The number of hydrogen-bond acceptors (Lipinski definition) is 4. The number of benzene rings is 1. The number of pyridine rings is 1. The highest BCUT2D eigenvalue weighted by molar-refractivity contribution is 6.02. The number of anilines is 2. The van der Waals surface area contributed by atoms with Crippen molar-refractivity contribution in [2.45, 2.75) is 25.2 Å². The first-order valence-electron chi connectivity index (χ1n) is 10.2. The maximum absolute atomic E-state index is 13.1. The van der Waals surface area contributed by atoms with E-state index in [1.54, 1.807) is 24.3 Å². The van der Waals surface area contributed by atoms with Crippen LogP contribution in [0.3, 0.4) is 0 Å². The van der Waals surface area contributed by atoms with Gasteiger partial charge in [0.25, 0.3) is 5.91 Å². The zero-order valence-electron chi connectivity index (χ0n) is 17.5. The second kappa shape index (κ2) is 9.06. The summed E-state index contributed by atoms with van der Waals surface area (Å²) in [6.07, 6.45) is -3.10. The van der Waals surface area contributed by atoms with Crippen LogP contribution in [0.15, 0.2) is 60.8 Å². The molecule has 1 saturated heterocycles. The Labute approximate surface area is 190 Å². The van der Waals surface area contributed by atoms with Gasteiger partial charge in [-0.15, -0.1) is 13.2 Å². The highest BCUT2D eigenvalue weighted by Crippen LogP contribution is 2.29. The van der Waals surface area contributed by atoms with Crippen LogP contribution in [0.1, 0.15) is 23.3 Å². The average Bonchev–Trinajstić information content (AvgIpc) is 3.43. The molecule has 2 aromatic heterocycles. The number of fused-ring (bicyclic) bond motifs is 1. The summed E-state index contributed by atoms with van der Waals surface area (Å²) >= 11 is 0. The van der Waals surface area contributed by atoms with E-state index < -0.39 is 30.3 Å². The monoisotopic (exact) mass is 476 g/mol. The maximum Gasteiger partial charge on any atom is 0.544 e. The first-order chi connectivity index (χ1) is 16.2. The summed E-state index contributed by atoms with van der Waals surface area (Å²) in [6.45, 7) is 0.120. The fraction of sp³-hybridized carbons (Fsp3) is 0.227. The average molecular weight is 476 g/mol. The molecule has 0 spiro atoms. The predicted octanol–water partition coefficient (Wildman–Crippen LogP) is 4.12. The Morgan fingerprint density at radius 3 is 2.47 bits per heavy atom. The topological polar surface area (TPSA) is 104 Å². The Morgan fingerprint density at radius 1 is 1.09 bits per heavy atom. The summed E-state index contributed by atoms with van der Waals surface area (Å²) in [5, 5.41) is 12.1. The first kappa shape index (κ1) is 23.1. The van der Waals surface area contributed by atoms with E-state index >= 15 is 0 Å². The smallest absolute Gasteiger partial charge is 0.477 e. The number of rotatable bonds is 5. The Balaban J connectivity index is 1.59. The molecule has 34 heavy (non-hydrogen) atoms. The van der Waals surface area contributed by atoms with Crippen molar-refractivity contribution in [1.29, 1.82) is 0 Å². The van der Waals surface area contributed by atoms with Crippen molar-refractivity contribution in [3.05, 3.63) is 66.5 Å². The highest BCUT2D eigenvalue weighted by atomic mass is 19.4. The number of hydroxylamine groups is 1. The fourth-order valence-corrected chi connectivity index (χ4v) is 3.90. The number of carboxylic acids is 1. The lowest BCUT2D eigenvalue weighted by Crippen LogP contribution is -2.50. The van der Waals surface area contributed by atoms with Crippen molar-refractivity contribution in [1.82, 2.24) is 9.30 Å². The number of halogens is 3. The Morgan fingerprint density at radius 2 is 1.79 bits per heavy atom. The number of para-hydroxylation sites is 1. The van der Waals surface area contributed by atoms with Gasteiger partial charge in [-0.2, -0.15) is 9.90 Å². The van der Waals surface area contributed by atoms with Gasteiger partial charge < -0.3 is 19.7 Å². The molecule has 1 fully saturated rings. The van der Waals surface area contributed by atoms with Gasteiger partial charge in [-0.05, 0) is 43.2 Å². The van der Waals surface area contributed by atoms with Gasteiger partial charge in [-0.1, -0.05) is 24.3 Å². The first-order valence-corrected chi connectivity index (χ1v) is 10.2. The van der Waals surface area contributed by atoms with Crippen molar-refractivity contribution < 1.29 is 37.5 Å². The largest absolute Gasteiger partial charge is 0.544 e. The van der Waals surface area contributed by atoms with E-state index in [1.165, 1.54) is 40.9 Å². The van der Waals surface area contributed by atoms with E-state index in [9.17, 15) is 32.7 Å². The van der Waals surface area contributed by atoms with Crippen LogP contribution in [0, 0.1) is 0 Å². The number of amides is 3. The van der Waals surface area contributed by atoms with E-state index in [0.29, 0.717) is 11.9 Å². The molecule has 4 rings (SSSR count). The number of hydrogen-bond donors (Lipinski definition) is 2. The summed E-state index contributed by atoms with van der Waals surface area (Å²) in [5.74, 6) is -2.26. The molecule has 178 valence electrons. The number of nitrogens with one attached hydrogen (secondary N) is 1. The molecule has 12 heteroatoms. The summed E-state index contributed by atoms with van der Waals surface area (Å²) in [7, 11) is 0. The summed E-state index contributed by atoms with van der Waals surface area (Å²) in [4.78, 5) is 42.8. The molecule has 0 radical (unpaired) electrons. The van der Waals surface area contributed by atoms with Crippen molar-refractivity contribution in [3.63, 3.8) is 0 Å². The number of alkyl halides is 3. The number of nitrogens with zero attached hydrogens (tertiary/aromatic N) is 3. The van der Waals surface area contributed by atoms with Gasteiger partial charge in [-0.25, -0.2) is 9.59 Å². The molecule has 1 atom stereocenters. The van der Waals surface area contributed by atoms with Gasteiger partial charge in [0.1, 0.15) is 11.7 Å². The van der Waals surface area contributed by atoms with Crippen molar-refractivity contribution >= 4 is 34.8 Å². The van der Waals surface area contributed by atoms with Gasteiger partial charge in [0.2, 0.25) is 0 Å². The molecule has 3 heterocycles. The van der Waals surface area contributed by atoms with Crippen molar-refractivity contribution in [3.8, 4) is 0 Å². The van der Waals surface area contributed by atoms with Crippen LogP contribution in [0.2, 0.25) is 0 Å². The minimum absolute atomic E-state index is 0.0891. The zero-order valence-corrected chi connectivity index (χ0v) is 17.5. The molecule has 1 unspecified atom stereocenters. The number of likely N-dealkylation sites (tertiary alicyclic amines) is 1. The number of carbonyl (C=O) groups excluding carboxylic acids is 2. The van der Waals surface area contributed by atoms with Crippen LogP contribution in [-0.2, 0) is 9.63 Å². The molecule has 1 aromatic carbocycles. The van der Waals surface area contributed by atoms with Gasteiger partial charge in [-0.3, -0.25) is 4.79 Å². The Kier molecular flexibility index (Phi) is 6.16. The molecule has 0 aliphatic carbocycles. The van der Waals surface area contributed by atoms with Crippen LogP contribution in [0.25, 0.3) is 5.52 Å². The summed E-state index contributed by atoms with van der Waals surface area (Å²) in [5.41, 5.74) is 0.365. The lowest BCUT2D eigenvalue weighted by molar-refractivity contribution is -0.327. The fourth-order valence-electron chi connectivity index (χ4n) is 3.90. The molecule has 1 aliphatic heterocycles. The Hall–Kier alpha value is -4.06. The number of carboxylic acid groups (broad SMARTS) is 1. The standard InChI is InChI=1S/C22H19F3N4O5/c23-22(24,25)34-29(14-7-2-1-3-8-14)19(30)17-10-6-12-28(17)21(33)26-15-13-18(20(31)32)27-11-5-4-9-16(15)27/h1-5,7-9,11,13,17H,6,10,12H2,(H,26,33)(H,31,32). The van der Waals surface area contributed by atoms with Gasteiger partial charge in [0.15, 0.2) is 0 Å². The molecule has 2 N–H and O–H groups in total. The molecular weight excluding hydrogens is 457 g/mol. The second-order valence-corrected chi connectivity index (χ2v) is 7.49. The van der Waals surface area contributed by atoms with Crippen LogP contribution >= 0.6 is 0 Å². The van der Waals surface area contributed by atoms with Crippen LogP contribution in [0.5, 0.6) is 0 Å². The zero-order chi connectivity index (χ0) is 24.5. The minimum Gasteiger partial charge on any atom is -0.477 e. The second-order valence-electron chi connectivity index (χ2n) is 7.49. The minimum atomic E-state index is -5.13. The van der Waals surface area contributed by atoms with Gasteiger partial charge >= 0.3 is 18.4 Å². The SMILES string of the molecule is O=C(O)c1cc(NC(=O)N2CCCC2C(=O)N(OC(F)(F)F)c2ccccc2)c2ccccn12. The summed E-state index contributed by atoms with van der Waals surface area (Å²) < 4.78 is 40.5. The van der Waals surface area contributed by atoms with Gasteiger partial charge in [0, 0.05) is 12.7 Å². The maximum atomic E-state index is 13.1. The normalized spacial score (nSPS) is 16.0. The van der Waals surface area contributed by atoms with Gasteiger partial charge in [0.05, 0.1) is 16.9 Å². The van der Waals surface area contributed by atoms with Crippen LogP contribution in [-0.4, -0.2) is 51.3 Å². The van der Waals surface area contributed by atoms with Crippen LogP contribution in [0.4, 0.5) is 29.3 Å². The molecule has 3 amide bonds. The van der Waals surface area contributed by atoms with E-state index in [4.69, 9.17) is 0 Å². The summed E-state index contributed by atoms with van der Waals surface area (Å²) in [6, 6.07) is 11.2. The molecule has 3 aromatic rings. The van der Waals surface area contributed by atoms with E-state index in [0.717, 1.165) is 4.90 Å². The molecule has 0 bridgehead atoms. The van der Waals surface area contributed by atoms with Crippen molar-refractivity contribution in [2.24, 2.45) is 0 Å². The molecule has 0 saturated carbocycles. The third-order valence-electron chi connectivity index (χ3n) is 5.32. The number of urea groups is 1. The predicted molar refractivity (Wildman–Crippen MR) is 114 cm³/mol. The lowest BCUT2D eigenvalue weighted by Gasteiger charge is -2.29. The Bertz CT molecular complexity index is 1230. The number of aromatic carboxylic acids is 1. The van der Waals surface area contributed by atoms with E-state index in [2.05, 4.69) is 10.2 Å². The number of carbonyl (C=O) groups is 3. The van der Waals surface area contributed by atoms with E-state index in [1.807, 2.05) is 0 Å². The van der Waals surface area contributed by atoms with E-state index in [-0.39, 0.29) is 35.1 Å². The molecular formula is C22H19F3N4O5.